The highest BCUT2D eigenvalue weighted by molar-refractivity contribution is 7.90. The van der Waals surface area contributed by atoms with Crippen LogP contribution in [0.4, 0.5) is 5.82 Å². The Labute approximate surface area is 182 Å². The van der Waals surface area contributed by atoms with Gasteiger partial charge in [-0.25, -0.2) is 8.42 Å². The monoisotopic (exact) mass is 449 g/mol. The van der Waals surface area contributed by atoms with Crippen molar-refractivity contribution >= 4 is 33.2 Å². The minimum atomic E-state index is -3.41. The van der Waals surface area contributed by atoms with Gasteiger partial charge in [0.15, 0.2) is 15.7 Å². The van der Waals surface area contributed by atoms with Crippen molar-refractivity contribution in [2.24, 2.45) is 11.8 Å². The van der Waals surface area contributed by atoms with Gasteiger partial charge < -0.3 is 5.32 Å². The van der Waals surface area contributed by atoms with Crippen LogP contribution in [0.1, 0.15) is 56.4 Å². The molecule has 162 valence electrons. The van der Waals surface area contributed by atoms with Crippen molar-refractivity contribution in [3.63, 3.8) is 0 Å². The van der Waals surface area contributed by atoms with E-state index >= 15 is 0 Å². The number of amides is 1. The van der Waals surface area contributed by atoms with Crippen LogP contribution in [0.2, 0.25) is 5.02 Å². The molecular weight excluding hydrogens is 422 g/mol. The van der Waals surface area contributed by atoms with E-state index in [4.69, 9.17) is 11.6 Å². The number of halogens is 1. The molecule has 0 spiro atoms. The first-order valence-electron chi connectivity index (χ1n) is 10.6. The van der Waals surface area contributed by atoms with Gasteiger partial charge in [-0.15, -0.1) is 0 Å². The second kappa shape index (κ2) is 8.71. The number of hydrogen-bond acceptors (Lipinski definition) is 4. The van der Waals surface area contributed by atoms with Crippen molar-refractivity contribution in [1.29, 1.82) is 0 Å². The second-order valence-electron chi connectivity index (χ2n) is 8.76. The number of nitrogens with zero attached hydrogens (tertiary/aromatic N) is 2. The van der Waals surface area contributed by atoms with Gasteiger partial charge in [-0.2, -0.15) is 5.10 Å². The summed E-state index contributed by atoms with van der Waals surface area (Å²) in [7, 11) is -3.41. The van der Waals surface area contributed by atoms with E-state index in [0.717, 1.165) is 37.6 Å². The molecule has 1 atom stereocenters. The zero-order chi connectivity index (χ0) is 21.3. The Morgan fingerprint density at radius 3 is 2.57 bits per heavy atom. The lowest BCUT2D eigenvalue weighted by atomic mass is 9.87. The largest absolute Gasteiger partial charge is 0.309 e. The summed E-state index contributed by atoms with van der Waals surface area (Å²) in [5.41, 5.74) is 0.745. The normalized spacial score (nSPS) is 18.5. The number of hydrogen-bond donors (Lipinski definition) is 1. The number of nitrogens with one attached hydrogen (secondary N) is 1. The van der Waals surface area contributed by atoms with Gasteiger partial charge in [0.2, 0.25) is 5.91 Å². The molecule has 30 heavy (non-hydrogen) atoms. The van der Waals surface area contributed by atoms with Crippen molar-refractivity contribution in [2.45, 2.75) is 62.3 Å². The van der Waals surface area contributed by atoms with Gasteiger partial charge >= 0.3 is 0 Å². The van der Waals surface area contributed by atoms with Crippen molar-refractivity contribution in [2.75, 3.05) is 11.6 Å². The number of carbonyl (C=O) groups is 1. The van der Waals surface area contributed by atoms with E-state index in [-0.39, 0.29) is 15.8 Å². The SMILES string of the molecule is CS(=O)(=O)c1ccc(C(CC2CCCC2)C(=O)Nc2ccn(CC3CC3)n2)cc1Cl. The molecule has 2 aromatic rings. The number of sulfone groups is 1. The number of carbonyl (C=O) groups excluding carboxylic acids is 1. The van der Waals surface area contributed by atoms with Crippen molar-refractivity contribution in [1.82, 2.24) is 9.78 Å². The van der Waals surface area contributed by atoms with E-state index in [2.05, 4.69) is 10.4 Å². The average Bonchev–Trinajstić information content (AvgIpc) is 3.13. The van der Waals surface area contributed by atoms with Crippen LogP contribution in [0.3, 0.4) is 0 Å². The maximum absolute atomic E-state index is 13.2. The van der Waals surface area contributed by atoms with Gasteiger partial charge in [-0.1, -0.05) is 43.4 Å². The molecule has 1 N–H and O–H groups in total. The van der Waals surface area contributed by atoms with Gasteiger partial charge in [0.1, 0.15) is 0 Å². The van der Waals surface area contributed by atoms with Crippen LogP contribution in [0.25, 0.3) is 0 Å². The van der Waals surface area contributed by atoms with Gasteiger partial charge in [-0.05, 0) is 48.8 Å². The fourth-order valence-electron chi connectivity index (χ4n) is 4.32. The maximum Gasteiger partial charge on any atom is 0.233 e. The van der Waals surface area contributed by atoms with E-state index in [1.165, 1.54) is 31.7 Å². The molecule has 1 heterocycles. The lowest BCUT2D eigenvalue weighted by Gasteiger charge is -2.21. The lowest BCUT2D eigenvalue weighted by molar-refractivity contribution is -0.118. The Morgan fingerprint density at radius 1 is 1.20 bits per heavy atom. The summed E-state index contributed by atoms with van der Waals surface area (Å²) in [6, 6.07) is 6.68. The van der Waals surface area contributed by atoms with Crippen LogP contribution < -0.4 is 5.32 Å². The van der Waals surface area contributed by atoms with E-state index in [9.17, 15) is 13.2 Å². The number of aromatic nitrogens is 2. The Balaban J connectivity index is 1.54. The van der Waals surface area contributed by atoms with Crippen LogP contribution in [0, 0.1) is 11.8 Å². The number of benzene rings is 1. The predicted octanol–water partition coefficient (Wildman–Crippen LogP) is 4.65. The smallest absolute Gasteiger partial charge is 0.233 e. The zero-order valence-electron chi connectivity index (χ0n) is 17.2. The maximum atomic E-state index is 13.2. The van der Waals surface area contributed by atoms with Crippen LogP contribution in [-0.2, 0) is 21.2 Å². The standard InChI is InChI=1S/C22H28ClN3O3S/c1-30(28,29)20-9-8-17(13-19(20)23)18(12-15-4-2-3-5-15)22(27)24-21-10-11-26(25-21)14-16-6-7-16/h8-11,13,15-16,18H,2-7,12,14H2,1H3,(H,24,25,27). The summed E-state index contributed by atoms with van der Waals surface area (Å²) in [5, 5.41) is 7.60. The first-order chi connectivity index (χ1) is 14.3. The summed E-state index contributed by atoms with van der Waals surface area (Å²) in [4.78, 5) is 13.3. The highest BCUT2D eigenvalue weighted by Crippen LogP contribution is 2.36. The van der Waals surface area contributed by atoms with Gasteiger partial charge in [0, 0.05) is 25.1 Å². The summed E-state index contributed by atoms with van der Waals surface area (Å²) >= 11 is 6.27. The summed E-state index contributed by atoms with van der Waals surface area (Å²) in [5.74, 6) is 1.23. The van der Waals surface area contributed by atoms with Crippen LogP contribution in [-0.4, -0.2) is 30.4 Å². The topological polar surface area (TPSA) is 81.1 Å². The van der Waals surface area contributed by atoms with Crippen molar-refractivity contribution in [3.8, 4) is 0 Å². The Kier molecular flexibility index (Phi) is 6.21. The van der Waals surface area contributed by atoms with Crippen molar-refractivity contribution < 1.29 is 13.2 Å². The summed E-state index contributed by atoms with van der Waals surface area (Å²) in [6.07, 6.45) is 10.9. The zero-order valence-corrected chi connectivity index (χ0v) is 18.8. The molecule has 1 aromatic carbocycles. The third-order valence-corrected chi connectivity index (χ3v) is 7.73. The highest BCUT2D eigenvalue weighted by Gasteiger charge is 2.28. The molecule has 0 aliphatic heterocycles. The third-order valence-electron chi connectivity index (χ3n) is 6.15. The van der Waals surface area contributed by atoms with E-state index < -0.39 is 15.8 Å². The summed E-state index contributed by atoms with van der Waals surface area (Å²) < 4.78 is 25.7. The number of rotatable bonds is 8. The first kappa shape index (κ1) is 21.4. The van der Waals surface area contributed by atoms with Gasteiger partial charge in [-0.3, -0.25) is 9.48 Å². The Bertz CT molecular complexity index is 1020. The van der Waals surface area contributed by atoms with Gasteiger partial charge in [0.05, 0.1) is 15.8 Å². The molecule has 2 aliphatic rings. The van der Waals surface area contributed by atoms with Crippen LogP contribution in [0.5, 0.6) is 0 Å². The fraction of sp³-hybridized carbons (Fsp3) is 0.545. The molecule has 0 radical (unpaired) electrons. The Morgan fingerprint density at radius 2 is 1.93 bits per heavy atom. The van der Waals surface area contributed by atoms with Crippen LogP contribution >= 0.6 is 11.6 Å². The van der Waals surface area contributed by atoms with E-state index in [1.807, 2.05) is 16.9 Å². The van der Waals surface area contributed by atoms with E-state index in [1.54, 1.807) is 12.1 Å². The molecule has 2 fully saturated rings. The van der Waals surface area contributed by atoms with Crippen LogP contribution in [0.15, 0.2) is 35.4 Å². The molecule has 2 aliphatic carbocycles. The predicted molar refractivity (Wildman–Crippen MR) is 117 cm³/mol. The molecule has 4 rings (SSSR count). The molecule has 6 nitrogen and oxygen atoms in total. The Hall–Kier alpha value is -1.86. The first-order valence-corrected chi connectivity index (χ1v) is 12.9. The summed E-state index contributed by atoms with van der Waals surface area (Å²) in [6.45, 7) is 0.893. The molecule has 1 amide bonds. The molecule has 0 saturated heterocycles. The van der Waals surface area contributed by atoms with E-state index in [0.29, 0.717) is 17.7 Å². The average molecular weight is 450 g/mol. The number of anilines is 1. The molecular formula is C22H28ClN3O3S. The minimum absolute atomic E-state index is 0.0896. The molecule has 8 heteroatoms. The lowest BCUT2D eigenvalue weighted by Crippen LogP contribution is -2.23. The van der Waals surface area contributed by atoms with Crippen molar-refractivity contribution in [3.05, 3.63) is 41.0 Å². The molecule has 2 saturated carbocycles. The fourth-order valence-corrected chi connectivity index (χ4v) is 5.65. The molecule has 0 bridgehead atoms. The molecule has 1 unspecified atom stereocenters. The minimum Gasteiger partial charge on any atom is -0.309 e. The quantitative estimate of drug-likeness (QED) is 0.635. The van der Waals surface area contributed by atoms with Gasteiger partial charge in [0.25, 0.3) is 0 Å². The highest BCUT2D eigenvalue weighted by atomic mass is 35.5. The third kappa shape index (κ3) is 5.24. The second-order valence-corrected chi connectivity index (χ2v) is 11.1. The molecule has 1 aromatic heterocycles.